The molecule has 37 heavy (non-hydrogen) atoms. The standard InChI is InChI=1S/C28H29N7O2/c1-19-15-22(37-28-31-9-8-25(33-28)27(30)36)5-7-26(19)35-13-11-34(12-14-35)10-2-3-21-18-32-24-6-4-20(17-29)16-23(21)24/h4-9,15-16,18,32H,2-3,10-14H2,1H3,(H2,30,36). The minimum Gasteiger partial charge on any atom is -0.424 e. The van der Waals surface area contributed by atoms with Crippen molar-refractivity contribution >= 4 is 22.5 Å². The van der Waals surface area contributed by atoms with Crippen molar-refractivity contribution in [1.29, 1.82) is 5.26 Å². The van der Waals surface area contributed by atoms with Crippen LogP contribution in [0, 0.1) is 18.3 Å². The average molecular weight is 496 g/mol. The highest BCUT2D eigenvalue weighted by Crippen LogP contribution is 2.28. The predicted octanol–water partition coefficient (Wildman–Crippen LogP) is 3.78. The summed E-state index contributed by atoms with van der Waals surface area (Å²) in [6, 6.07) is 15.5. The number of anilines is 1. The molecule has 188 valence electrons. The molecule has 1 aliphatic rings. The van der Waals surface area contributed by atoms with E-state index in [4.69, 9.17) is 10.5 Å². The molecule has 1 saturated heterocycles. The van der Waals surface area contributed by atoms with Gasteiger partial charge in [-0.1, -0.05) is 0 Å². The van der Waals surface area contributed by atoms with Crippen LogP contribution in [0.25, 0.3) is 10.9 Å². The number of nitriles is 1. The van der Waals surface area contributed by atoms with Crippen molar-refractivity contribution in [1.82, 2.24) is 19.9 Å². The maximum absolute atomic E-state index is 11.3. The minimum atomic E-state index is -0.620. The van der Waals surface area contributed by atoms with Crippen molar-refractivity contribution in [2.75, 3.05) is 37.6 Å². The van der Waals surface area contributed by atoms with E-state index >= 15 is 0 Å². The molecule has 4 aromatic rings. The Labute approximate surface area is 215 Å². The van der Waals surface area contributed by atoms with Gasteiger partial charge in [-0.15, -0.1) is 0 Å². The van der Waals surface area contributed by atoms with Crippen molar-refractivity contribution in [3.05, 3.63) is 77.2 Å². The topological polar surface area (TPSA) is 124 Å². The fourth-order valence-corrected chi connectivity index (χ4v) is 4.84. The summed E-state index contributed by atoms with van der Waals surface area (Å²) in [5, 5.41) is 10.3. The van der Waals surface area contributed by atoms with Gasteiger partial charge in [0.05, 0.1) is 11.6 Å². The van der Waals surface area contributed by atoms with E-state index in [1.165, 1.54) is 23.5 Å². The highest BCUT2D eigenvalue weighted by molar-refractivity contribution is 5.90. The number of fused-ring (bicyclic) bond motifs is 1. The minimum absolute atomic E-state index is 0.0928. The zero-order chi connectivity index (χ0) is 25.8. The number of nitrogens with one attached hydrogen (secondary N) is 1. The van der Waals surface area contributed by atoms with Gasteiger partial charge in [-0.2, -0.15) is 10.2 Å². The van der Waals surface area contributed by atoms with E-state index in [0.717, 1.165) is 62.0 Å². The lowest BCUT2D eigenvalue weighted by atomic mass is 10.1. The molecule has 9 heteroatoms. The van der Waals surface area contributed by atoms with Crippen LogP contribution in [-0.4, -0.2) is 58.5 Å². The van der Waals surface area contributed by atoms with E-state index in [9.17, 15) is 10.1 Å². The van der Waals surface area contributed by atoms with Gasteiger partial charge in [0.25, 0.3) is 5.91 Å². The van der Waals surface area contributed by atoms with Gasteiger partial charge >= 0.3 is 6.01 Å². The molecule has 0 unspecified atom stereocenters. The highest BCUT2D eigenvalue weighted by atomic mass is 16.5. The molecule has 1 aliphatic heterocycles. The molecular weight excluding hydrogens is 466 g/mol. The molecule has 2 aromatic carbocycles. The first-order chi connectivity index (χ1) is 18.0. The van der Waals surface area contributed by atoms with Crippen LogP contribution in [0.15, 0.2) is 54.9 Å². The van der Waals surface area contributed by atoms with Crippen LogP contribution in [-0.2, 0) is 6.42 Å². The number of piperazine rings is 1. The average Bonchev–Trinajstić information content (AvgIpc) is 3.31. The monoisotopic (exact) mass is 495 g/mol. The summed E-state index contributed by atoms with van der Waals surface area (Å²) < 4.78 is 5.75. The third-order valence-electron chi connectivity index (χ3n) is 6.79. The lowest BCUT2D eigenvalue weighted by Crippen LogP contribution is -2.46. The number of nitrogens with two attached hydrogens (primary N) is 1. The number of amides is 1. The number of hydrogen-bond donors (Lipinski definition) is 2. The second-order valence-electron chi connectivity index (χ2n) is 9.26. The summed E-state index contributed by atoms with van der Waals surface area (Å²) >= 11 is 0. The van der Waals surface area contributed by atoms with Gasteiger partial charge in [0.2, 0.25) is 0 Å². The fraction of sp³-hybridized carbons (Fsp3) is 0.286. The number of ether oxygens (including phenoxy) is 1. The summed E-state index contributed by atoms with van der Waals surface area (Å²) in [6.07, 6.45) is 5.59. The van der Waals surface area contributed by atoms with Crippen molar-refractivity contribution in [2.24, 2.45) is 5.73 Å². The van der Waals surface area contributed by atoms with Crippen molar-refractivity contribution in [2.45, 2.75) is 19.8 Å². The Bertz CT molecular complexity index is 1470. The molecule has 1 fully saturated rings. The highest BCUT2D eigenvalue weighted by Gasteiger charge is 2.19. The Hall–Kier alpha value is -4.42. The van der Waals surface area contributed by atoms with E-state index in [1.807, 2.05) is 30.3 Å². The Kier molecular flexibility index (Phi) is 7.01. The van der Waals surface area contributed by atoms with Crippen LogP contribution in [0.1, 0.15) is 33.6 Å². The molecule has 1 amide bonds. The number of aromatic amines is 1. The molecule has 0 saturated carbocycles. The maximum Gasteiger partial charge on any atom is 0.322 e. The molecule has 3 N–H and O–H groups in total. The summed E-state index contributed by atoms with van der Waals surface area (Å²) in [7, 11) is 0. The van der Waals surface area contributed by atoms with E-state index < -0.39 is 5.91 Å². The van der Waals surface area contributed by atoms with E-state index in [0.29, 0.717) is 11.3 Å². The number of hydrogen-bond acceptors (Lipinski definition) is 7. The molecule has 0 bridgehead atoms. The first-order valence-electron chi connectivity index (χ1n) is 12.4. The molecule has 0 spiro atoms. The lowest BCUT2D eigenvalue weighted by molar-refractivity contribution is 0.0994. The quantitative estimate of drug-likeness (QED) is 0.381. The SMILES string of the molecule is Cc1cc(Oc2nccc(C(N)=O)n2)ccc1N1CCN(CCCc2c[nH]c3ccc(C#N)cc23)CC1. The van der Waals surface area contributed by atoms with Crippen LogP contribution >= 0.6 is 0 Å². The Morgan fingerprint density at radius 2 is 2.00 bits per heavy atom. The summed E-state index contributed by atoms with van der Waals surface area (Å²) in [4.78, 5) is 27.7. The normalized spacial score (nSPS) is 14.0. The number of primary amides is 1. The number of nitrogens with zero attached hydrogens (tertiary/aromatic N) is 5. The predicted molar refractivity (Wildman–Crippen MR) is 142 cm³/mol. The number of H-pyrrole nitrogens is 1. The van der Waals surface area contributed by atoms with Crippen molar-refractivity contribution < 1.29 is 9.53 Å². The van der Waals surface area contributed by atoms with Crippen LogP contribution in [0.4, 0.5) is 5.69 Å². The molecule has 0 radical (unpaired) electrons. The third kappa shape index (κ3) is 5.55. The van der Waals surface area contributed by atoms with Crippen molar-refractivity contribution in [3.63, 3.8) is 0 Å². The van der Waals surface area contributed by atoms with Gasteiger partial charge in [0.1, 0.15) is 11.4 Å². The summed E-state index contributed by atoms with van der Waals surface area (Å²) in [5.41, 5.74) is 10.8. The first-order valence-corrected chi connectivity index (χ1v) is 12.4. The fourth-order valence-electron chi connectivity index (χ4n) is 4.84. The second kappa shape index (κ2) is 10.7. The van der Waals surface area contributed by atoms with Crippen LogP contribution in [0.2, 0.25) is 0 Å². The zero-order valence-electron chi connectivity index (χ0n) is 20.8. The molecule has 5 rings (SSSR count). The number of benzene rings is 2. The van der Waals surface area contributed by atoms with Crippen molar-refractivity contribution in [3.8, 4) is 17.8 Å². The number of aromatic nitrogens is 3. The molecule has 3 heterocycles. The molecule has 2 aromatic heterocycles. The molecule has 0 atom stereocenters. The van der Waals surface area contributed by atoms with Gasteiger partial charge in [0.15, 0.2) is 0 Å². The smallest absolute Gasteiger partial charge is 0.322 e. The van der Waals surface area contributed by atoms with E-state index in [2.05, 4.69) is 50.0 Å². The van der Waals surface area contributed by atoms with Gasteiger partial charge < -0.3 is 20.4 Å². The Morgan fingerprint density at radius 3 is 2.76 bits per heavy atom. The van der Waals surface area contributed by atoms with Gasteiger partial charge in [-0.05, 0) is 79.9 Å². The number of carbonyl (C=O) groups excluding carboxylic acids is 1. The van der Waals surface area contributed by atoms with Gasteiger partial charge in [-0.25, -0.2) is 4.98 Å². The first kappa shape index (κ1) is 24.3. The second-order valence-corrected chi connectivity index (χ2v) is 9.26. The number of carbonyl (C=O) groups is 1. The Morgan fingerprint density at radius 1 is 1.16 bits per heavy atom. The summed E-state index contributed by atoms with van der Waals surface area (Å²) in [6.45, 7) is 7.06. The Balaban J connectivity index is 1.13. The van der Waals surface area contributed by atoms with E-state index in [-0.39, 0.29) is 11.7 Å². The molecule has 9 nitrogen and oxygen atoms in total. The largest absolute Gasteiger partial charge is 0.424 e. The van der Waals surface area contributed by atoms with Crippen LogP contribution in [0.5, 0.6) is 11.8 Å². The van der Waals surface area contributed by atoms with Gasteiger partial charge in [-0.3, -0.25) is 9.69 Å². The van der Waals surface area contributed by atoms with Gasteiger partial charge in [0, 0.05) is 55.2 Å². The third-order valence-corrected chi connectivity index (χ3v) is 6.79. The zero-order valence-corrected chi connectivity index (χ0v) is 20.8. The van der Waals surface area contributed by atoms with E-state index in [1.54, 1.807) is 0 Å². The number of aryl methyl sites for hydroxylation is 2. The molecular formula is C28H29N7O2. The summed E-state index contributed by atoms with van der Waals surface area (Å²) in [5.74, 6) is -0.00856. The van der Waals surface area contributed by atoms with Crippen LogP contribution in [0.3, 0.4) is 0 Å². The molecule has 0 aliphatic carbocycles. The number of rotatable bonds is 8. The lowest BCUT2D eigenvalue weighted by Gasteiger charge is -2.37. The van der Waals surface area contributed by atoms with Crippen LogP contribution < -0.4 is 15.4 Å². The maximum atomic E-state index is 11.3.